The van der Waals surface area contributed by atoms with E-state index in [1.165, 1.54) is 12.4 Å². The van der Waals surface area contributed by atoms with Gasteiger partial charge in [0.15, 0.2) is 0 Å². The molecule has 2 aromatic rings. The van der Waals surface area contributed by atoms with Crippen LogP contribution in [0.25, 0.3) is 0 Å². The Bertz CT molecular complexity index is 668. The van der Waals surface area contributed by atoms with E-state index < -0.39 is 10.0 Å². The largest absolute Gasteiger partial charge is 0.357 e. The quantitative estimate of drug-likeness (QED) is 0.888. The number of para-hydroxylation sites is 1. The predicted octanol–water partition coefficient (Wildman–Crippen LogP) is 1.63. The number of aromatic nitrogens is 2. The number of benzene rings is 1. The molecule has 0 atom stereocenters. The van der Waals surface area contributed by atoms with Gasteiger partial charge in [-0.15, -0.1) is 0 Å². The van der Waals surface area contributed by atoms with E-state index in [0.29, 0.717) is 11.6 Å². The van der Waals surface area contributed by atoms with Crippen molar-refractivity contribution in [3.05, 3.63) is 42.2 Å². The molecule has 0 aliphatic carbocycles. The summed E-state index contributed by atoms with van der Waals surface area (Å²) in [4.78, 5) is 7.80. The van der Waals surface area contributed by atoms with Crippen LogP contribution in [0.1, 0.15) is 5.56 Å². The first-order valence-electron chi connectivity index (χ1n) is 5.61. The lowest BCUT2D eigenvalue weighted by atomic mass is 10.2. The van der Waals surface area contributed by atoms with E-state index in [1.54, 1.807) is 19.2 Å². The molecule has 0 unspecified atom stereocenters. The lowest BCUT2D eigenvalue weighted by molar-refractivity contribution is 0.600. The van der Waals surface area contributed by atoms with Crippen LogP contribution in [-0.2, 0) is 10.0 Å². The van der Waals surface area contributed by atoms with Gasteiger partial charge < -0.3 is 5.32 Å². The van der Waals surface area contributed by atoms with Crippen LogP contribution < -0.4 is 10.0 Å². The van der Waals surface area contributed by atoms with Crippen molar-refractivity contribution in [1.29, 1.82) is 0 Å². The second kappa shape index (κ2) is 5.23. The lowest BCUT2D eigenvalue weighted by Crippen LogP contribution is -2.14. The number of nitrogens with zero attached hydrogens (tertiary/aromatic N) is 2. The normalized spacial score (nSPS) is 11.1. The lowest BCUT2D eigenvalue weighted by Gasteiger charge is -2.10. The van der Waals surface area contributed by atoms with Crippen LogP contribution in [0.5, 0.6) is 0 Å². The van der Waals surface area contributed by atoms with Gasteiger partial charge in [-0.3, -0.25) is 4.72 Å². The molecule has 0 amide bonds. The van der Waals surface area contributed by atoms with Gasteiger partial charge in [-0.25, -0.2) is 18.4 Å². The maximum absolute atomic E-state index is 12.1. The van der Waals surface area contributed by atoms with Gasteiger partial charge in [0, 0.05) is 7.05 Å². The number of hydrogen-bond acceptors (Lipinski definition) is 5. The highest BCUT2D eigenvalue weighted by Gasteiger charge is 2.16. The number of nitrogens with one attached hydrogen (secondary N) is 2. The first-order valence-corrected chi connectivity index (χ1v) is 7.09. The van der Waals surface area contributed by atoms with E-state index in [-0.39, 0.29) is 4.90 Å². The first kappa shape index (κ1) is 13.3. The number of rotatable bonds is 4. The van der Waals surface area contributed by atoms with Gasteiger partial charge in [-0.2, -0.15) is 0 Å². The van der Waals surface area contributed by atoms with E-state index in [2.05, 4.69) is 20.0 Å². The van der Waals surface area contributed by atoms with Gasteiger partial charge in [-0.1, -0.05) is 18.2 Å². The summed E-state index contributed by atoms with van der Waals surface area (Å²) in [6.07, 6.45) is 2.53. The summed E-state index contributed by atoms with van der Waals surface area (Å²) in [5.41, 5.74) is 1.39. The van der Waals surface area contributed by atoms with Gasteiger partial charge >= 0.3 is 0 Å². The maximum atomic E-state index is 12.1. The monoisotopic (exact) mass is 278 g/mol. The summed E-state index contributed by atoms with van der Waals surface area (Å²) in [6, 6.07) is 7.15. The summed E-state index contributed by atoms with van der Waals surface area (Å²) in [5.74, 6) is 0.370. The smallest absolute Gasteiger partial charge is 0.264 e. The molecule has 2 rings (SSSR count). The molecule has 1 heterocycles. The molecule has 2 N–H and O–H groups in total. The molecule has 1 aromatic carbocycles. The first-order chi connectivity index (χ1) is 9.03. The Kier molecular flexibility index (Phi) is 3.66. The van der Waals surface area contributed by atoms with Crippen molar-refractivity contribution in [3.8, 4) is 0 Å². The Hall–Kier alpha value is -2.15. The summed E-state index contributed by atoms with van der Waals surface area (Å²) in [6.45, 7) is 1.83. The van der Waals surface area contributed by atoms with Crippen molar-refractivity contribution >= 4 is 21.7 Å². The van der Waals surface area contributed by atoms with Crippen LogP contribution in [-0.4, -0.2) is 25.4 Å². The Morgan fingerprint density at radius 3 is 2.32 bits per heavy atom. The molecule has 100 valence electrons. The highest BCUT2D eigenvalue weighted by molar-refractivity contribution is 7.92. The SMILES string of the molecule is CNc1ncc(S(=O)(=O)Nc2ccccc2C)cn1. The minimum Gasteiger partial charge on any atom is -0.357 e. The van der Waals surface area contributed by atoms with E-state index in [0.717, 1.165) is 5.56 Å². The van der Waals surface area contributed by atoms with Crippen LogP contribution >= 0.6 is 0 Å². The van der Waals surface area contributed by atoms with Crippen molar-refractivity contribution in [2.75, 3.05) is 17.1 Å². The standard InChI is InChI=1S/C12H14N4O2S/c1-9-5-3-4-6-11(9)16-19(17,18)10-7-14-12(13-2)15-8-10/h3-8,16H,1-2H3,(H,13,14,15). The molecule has 19 heavy (non-hydrogen) atoms. The molecular formula is C12H14N4O2S. The van der Waals surface area contributed by atoms with E-state index >= 15 is 0 Å². The molecule has 0 bridgehead atoms. The Morgan fingerprint density at radius 2 is 1.74 bits per heavy atom. The molecule has 0 saturated heterocycles. The van der Waals surface area contributed by atoms with E-state index in [1.807, 2.05) is 19.1 Å². The van der Waals surface area contributed by atoms with Crippen molar-refractivity contribution in [2.45, 2.75) is 11.8 Å². The number of sulfonamides is 1. The average Bonchev–Trinajstić information content (AvgIpc) is 2.41. The van der Waals surface area contributed by atoms with Gasteiger partial charge in [-0.05, 0) is 18.6 Å². The molecule has 0 spiro atoms. The zero-order valence-corrected chi connectivity index (χ0v) is 11.4. The zero-order valence-electron chi connectivity index (χ0n) is 10.6. The minimum atomic E-state index is -3.66. The van der Waals surface area contributed by atoms with Crippen LogP contribution in [0.15, 0.2) is 41.6 Å². The van der Waals surface area contributed by atoms with Gasteiger partial charge in [0.05, 0.1) is 18.1 Å². The molecule has 0 fully saturated rings. The van der Waals surface area contributed by atoms with Gasteiger partial charge in [0.2, 0.25) is 5.95 Å². The summed E-state index contributed by atoms with van der Waals surface area (Å²) in [7, 11) is -2.00. The fourth-order valence-corrected chi connectivity index (χ4v) is 2.49. The molecule has 6 nitrogen and oxygen atoms in total. The van der Waals surface area contributed by atoms with Crippen molar-refractivity contribution in [2.24, 2.45) is 0 Å². The number of anilines is 2. The minimum absolute atomic E-state index is 0.0229. The molecule has 0 aliphatic rings. The second-order valence-electron chi connectivity index (χ2n) is 3.91. The predicted molar refractivity (Wildman–Crippen MR) is 73.6 cm³/mol. The highest BCUT2D eigenvalue weighted by Crippen LogP contribution is 2.18. The van der Waals surface area contributed by atoms with Crippen LogP contribution in [0.2, 0.25) is 0 Å². The Balaban J connectivity index is 2.30. The van der Waals surface area contributed by atoms with Crippen molar-refractivity contribution in [1.82, 2.24) is 9.97 Å². The fraction of sp³-hybridized carbons (Fsp3) is 0.167. The van der Waals surface area contributed by atoms with Crippen LogP contribution in [0, 0.1) is 6.92 Å². The van der Waals surface area contributed by atoms with Crippen molar-refractivity contribution < 1.29 is 8.42 Å². The average molecular weight is 278 g/mol. The molecule has 0 saturated carbocycles. The van der Waals surface area contributed by atoms with Gasteiger partial charge in [0.1, 0.15) is 4.90 Å². The Morgan fingerprint density at radius 1 is 1.11 bits per heavy atom. The highest BCUT2D eigenvalue weighted by atomic mass is 32.2. The second-order valence-corrected chi connectivity index (χ2v) is 5.60. The van der Waals surface area contributed by atoms with Crippen molar-refractivity contribution in [3.63, 3.8) is 0 Å². The number of hydrogen-bond donors (Lipinski definition) is 2. The maximum Gasteiger partial charge on any atom is 0.264 e. The third kappa shape index (κ3) is 3.00. The van der Waals surface area contributed by atoms with Crippen LogP contribution in [0.4, 0.5) is 11.6 Å². The molecule has 0 radical (unpaired) electrons. The summed E-state index contributed by atoms with van der Waals surface area (Å²) < 4.78 is 26.8. The molecule has 0 aliphatic heterocycles. The Labute approximate surface area is 112 Å². The molecule has 7 heteroatoms. The van der Waals surface area contributed by atoms with E-state index in [9.17, 15) is 8.42 Å². The third-order valence-electron chi connectivity index (χ3n) is 2.55. The topological polar surface area (TPSA) is 84.0 Å². The summed E-state index contributed by atoms with van der Waals surface area (Å²) >= 11 is 0. The van der Waals surface area contributed by atoms with Crippen LogP contribution in [0.3, 0.4) is 0 Å². The van der Waals surface area contributed by atoms with E-state index in [4.69, 9.17) is 0 Å². The third-order valence-corrected chi connectivity index (χ3v) is 3.87. The van der Waals surface area contributed by atoms with Gasteiger partial charge in [0.25, 0.3) is 10.0 Å². The molecular weight excluding hydrogens is 264 g/mol. The fourth-order valence-electron chi connectivity index (χ4n) is 1.48. The zero-order chi connectivity index (χ0) is 13.9. The molecule has 1 aromatic heterocycles. The number of aryl methyl sites for hydroxylation is 1. The summed E-state index contributed by atoms with van der Waals surface area (Å²) in [5, 5.41) is 2.73.